The van der Waals surface area contributed by atoms with Gasteiger partial charge in [-0.2, -0.15) is 0 Å². The van der Waals surface area contributed by atoms with Gasteiger partial charge in [-0.25, -0.2) is 0 Å². The van der Waals surface area contributed by atoms with Gasteiger partial charge < -0.3 is 14.8 Å². The summed E-state index contributed by atoms with van der Waals surface area (Å²) in [7, 11) is 1.39. The largest absolute Gasteiger partial charge is 0.490 e. The predicted octanol–water partition coefficient (Wildman–Crippen LogP) is 2.22. The van der Waals surface area contributed by atoms with Gasteiger partial charge in [0.15, 0.2) is 0 Å². The van der Waals surface area contributed by atoms with Gasteiger partial charge in [0.25, 0.3) is 0 Å². The van der Waals surface area contributed by atoms with Crippen LogP contribution < -0.4 is 10.1 Å². The van der Waals surface area contributed by atoms with Crippen LogP contribution in [0.5, 0.6) is 5.75 Å². The van der Waals surface area contributed by atoms with Crippen molar-refractivity contribution >= 4 is 5.97 Å². The zero-order chi connectivity index (χ0) is 15.5. The van der Waals surface area contributed by atoms with Crippen LogP contribution in [0.15, 0.2) is 12.1 Å². The van der Waals surface area contributed by atoms with Gasteiger partial charge in [0.1, 0.15) is 12.4 Å². The van der Waals surface area contributed by atoms with Crippen molar-refractivity contribution in [3.63, 3.8) is 0 Å². The third-order valence-corrected chi connectivity index (χ3v) is 3.53. The summed E-state index contributed by atoms with van der Waals surface area (Å²) < 4.78 is 10.6. The van der Waals surface area contributed by atoms with Crippen molar-refractivity contribution in [2.45, 2.75) is 46.2 Å². The maximum Gasteiger partial charge on any atom is 0.314 e. The molecular weight excluding hydrogens is 268 g/mol. The van der Waals surface area contributed by atoms with Crippen molar-refractivity contribution in [3.8, 4) is 5.75 Å². The minimum absolute atomic E-state index is 0.265. The van der Waals surface area contributed by atoms with Crippen LogP contribution in [0.3, 0.4) is 0 Å². The monoisotopic (exact) mass is 292 g/mol. The standard InChI is InChI=1S/C16H24N2O3/c1-11-5-8-14(13(18-11)9-17-12-6-7-12)21-10-16(2,3)15(19)20-4/h5,8,12,17H,6-7,9-10H2,1-4H3. The first kappa shape index (κ1) is 15.8. The lowest BCUT2D eigenvalue weighted by atomic mass is 9.95. The summed E-state index contributed by atoms with van der Waals surface area (Å²) in [5.74, 6) is 0.450. The number of hydrogen-bond donors (Lipinski definition) is 1. The lowest BCUT2D eigenvalue weighted by Crippen LogP contribution is -2.32. The van der Waals surface area contributed by atoms with E-state index in [4.69, 9.17) is 9.47 Å². The van der Waals surface area contributed by atoms with Gasteiger partial charge in [0.05, 0.1) is 18.2 Å². The summed E-state index contributed by atoms with van der Waals surface area (Å²) in [6, 6.07) is 4.45. The van der Waals surface area contributed by atoms with E-state index in [1.54, 1.807) is 0 Å². The molecule has 5 nitrogen and oxygen atoms in total. The van der Waals surface area contributed by atoms with Crippen molar-refractivity contribution in [2.24, 2.45) is 5.41 Å². The highest BCUT2D eigenvalue weighted by atomic mass is 16.5. The molecule has 0 aromatic carbocycles. The van der Waals surface area contributed by atoms with Crippen LogP contribution in [0.4, 0.5) is 0 Å². The number of carbonyl (C=O) groups is 1. The third kappa shape index (κ3) is 4.43. The molecule has 0 saturated heterocycles. The maximum absolute atomic E-state index is 11.7. The molecule has 1 aromatic rings. The van der Waals surface area contributed by atoms with E-state index in [1.165, 1.54) is 20.0 Å². The van der Waals surface area contributed by atoms with Gasteiger partial charge >= 0.3 is 5.97 Å². The summed E-state index contributed by atoms with van der Waals surface area (Å²) in [6.45, 7) is 6.54. The number of esters is 1. The van der Waals surface area contributed by atoms with Crippen LogP contribution in [-0.4, -0.2) is 30.7 Å². The number of carbonyl (C=O) groups excluding carboxylic acids is 1. The molecule has 1 N–H and O–H groups in total. The van der Waals surface area contributed by atoms with Crippen LogP contribution in [0, 0.1) is 12.3 Å². The average molecular weight is 292 g/mol. The Morgan fingerprint density at radius 1 is 1.43 bits per heavy atom. The van der Waals surface area contributed by atoms with Crippen molar-refractivity contribution in [1.29, 1.82) is 0 Å². The molecule has 0 spiro atoms. The molecule has 5 heteroatoms. The number of nitrogens with one attached hydrogen (secondary N) is 1. The topological polar surface area (TPSA) is 60.5 Å². The summed E-state index contributed by atoms with van der Waals surface area (Å²) in [6.07, 6.45) is 2.47. The Kier molecular flexibility index (Phi) is 4.83. The number of rotatable bonds is 7. The number of nitrogens with zero attached hydrogens (tertiary/aromatic N) is 1. The quantitative estimate of drug-likeness (QED) is 0.781. The first-order chi connectivity index (χ1) is 9.92. The van der Waals surface area contributed by atoms with Gasteiger partial charge in [-0.1, -0.05) is 0 Å². The Bertz CT molecular complexity index is 510. The van der Waals surface area contributed by atoms with Gasteiger partial charge in [-0.15, -0.1) is 0 Å². The summed E-state index contributed by atoms with van der Waals surface area (Å²) in [5.41, 5.74) is 1.17. The normalized spacial score (nSPS) is 14.9. The van der Waals surface area contributed by atoms with Gasteiger partial charge in [0, 0.05) is 18.3 Å². The first-order valence-electron chi connectivity index (χ1n) is 7.33. The lowest BCUT2D eigenvalue weighted by molar-refractivity contribution is -0.152. The number of ether oxygens (including phenoxy) is 2. The summed E-state index contributed by atoms with van der Waals surface area (Å²) in [5, 5.41) is 3.44. The van der Waals surface area contributed by atoms with Crippen molar-refractivity contribution < 1.29 is 14.3 Å². The van der Waals surface area contributed by atoms with E-state index < -0.39 is 5.41 Å². The lowest BCUT2D eigenvalue weighted by Gasteiger charge is -2.22. The fraction of sp³-hybridized carbons (Fsp3) is 0.625. The molecule has 116 valence electrons. The van der Waals surface area contributed by atoms with Crippen molar-refractivity contribution in [1.82, 2.24) is 10.3 Å². The number of pyridine rings is 1. The molecule has 0 radical (unpaired) electrons. The van der Waals surface area contributed by atoms with E-state index >= 15 is 0 Å². The second kappa shape index (κ2) is 6.43. The van der Waals surface area contributed by atoms with E-state index in [0.29, 0.717) is 12.6 Å². The van der Waals surface area contributed by atoms with E-state index in [1.807, 2.05) is 32.9 Å². The summed E-state index contributed by atoms with van der Waals surface area (Å²) in [4.78, 5) is 16.2. The Labute approximate surface area is 126 Å². The second-order valence-electron chi connectivity index (χ2n) is 6.22. The number of aromatic nitrogens is 1. The molecule has 1 heterocycles. The van der Waals surface area contributed by atoms with Crippen LogP contribution in [-0.2, 0) is 16.1 Å². The molecule has 0 unspecified atom stereocenters. The molecule has 2 rings (SSSR count). The van der Waals surface area contributed by atoms with E-state index in [-0.39, 0.29) is 12.6 Å². The predicted molar refractivity (Wildman–Crippen MR) is 80.1 cm³/mol. The molecule has 1 fully saturated rings. The number of hydrogen-bond acceptors (Lipinski definition) is 5. The third-order valence-electron chi connectivity index (χ3n) is 3.53. The Hall–Kier alpha value is -1.62. The minimum atomic E-state index is -0.680. The van der Waals surface area contributed by atoms with Crippen molar-refractivity contribution in [3.05, 3.63) is 23.5 Å². The molecule has 1 aromatic heterocycles. The van der Waals surface area contributed by atoms with E-state index in [9.17, 15) is 4.79 Å². The van der Waals surface area contributed by atoms with Crippen molar-refractivity contribution in [2.75, 3.05) is 13.7 Å². The molecule has 1 saturated carbocycles. The average Bonchev–Trinajstić information content (AvgIpc) is 3.27. The smallest absolute Gasteiger partial charge is 0.314 e. The fourth-order valence-corrected chi connectivity index (χ4v) is 1.98. The highest BCUT2D eigenvalue weighted by Crippen LogP contribution is 2.24. The maximum atomic E-state index is 11.7. The zero-order valence-corrected chi connectivity index (χ0v) is 13.2. The van der Waals surface area contributed by atoms with Crippen LogP contribution in [0.1, 0.15) is 38.1 Å². The molecular formula is C16H24N2O3. The molecule has 0 atom stereocenters. The zero-order valence-electron chi connectivity index (χ0n) is 13.2. The molecule has 21 heavy (non-hydrogen) atoms. The molecule has 1 aliphatic rings. The Morgan fingerprint density at radius 2 is 2.14 bits per heavy atom. The van der Waals surface area contributed by atoms with Gasteiger partial charge in [-0.3, -0.25) is 9.78 Å². The van der Waals surface area contributed by atoms with Crippen LogP contribution in [0.25, 0.3) is 0 Å². The fourth-order valence-electron chi connectivity index (χ4n) is 1.98. The Morgan fingerprint density at radius 3 is 2.76 bits per heavy atom. The molecule has 0 bridgehead atoms. The highest BCUT2D eigenvalue weighted by Gasteiger charge is 2.30. The van der Waals surface area contributed by atoms with Gasteiger partial charge in [0.2, 0.25) is 0 Å². The van der Waals surface area contributed by atoms with Crippen LogP contribution in [0.2, 0.25) is 0 Å². The van der Waals surface area contributed by atoms with Crippen LogP contribution >= 0.6 is 0 Å². The first-order valence-corrected chi connectivity index (χ1v) is 7.33. The molecule has 0 aliphatic heterocycles. The van der Waals surface area contributed by atoms with Gasteiger partial charge in [-0.05, 0) is 45.7 Å². The second-order valence-corrected chi connectivity index (χ2v) is 6.22. The highest BCUT2D eigenvalue weighted by molar-refractivity contribution is 5.75. The molecule has 0 amide bonds. The van der Waals surface area contributed by atoms with E-state index in [2.05, 4.69) is 10.3 Å². The molecule has 1 aliphatic carbocycles. The van der Waals surface area contributed by atoms with E-state index in [0.717, 1.165) is 17.1 Å². The Balaban J connectivity index is 2.02. The minimum Gasteiger partial charge on any atom is -0.490 e. The number of methoxy groups -OCH3 is 1. The SMILES string of the molecule is COC(=O)C(C)(C)COc1ccc(C)nc1CNC1CC1. The number of aryl methyl sites for hydroxylation is 1. The summed E-state index contributed by atoms with van der Waals surface area (Å²) >= 11 is 0.